The van der Waals surface area contributed by atoms with Crippen molar-refractivity contribution in [3.63, 3.8) is 0 Å². The van der Waals surface area contributed by atoms with E-state index in [1.54, 1.807) is 4.88 Å². The summed E-state index contributed by atoms with van der Waals surface area (Å²) in [5.74, 6) is 1.96. The number of aryl methyl sites for hydroxylation is 1. The van der Waals surface area contributed by atoms with Gasteiger partial charge in [-0.2, -0.15) is 0 Å². The highest BCUT2D eigenvalue weighted by atomic mass is 32.1. The van der Waals surface area contributed by atoms with Crippen LogP contribution >= 0.6 is 11.3 Å². The molecule has 1 aromatic rings. The molecule has 2 aliphatic rings. The topological polar surface area (TPSA) is 12.0 Å². The first-order valence-electron chi connectivity index (χ1n) is 7.17. The molecule has 0 aliphatic heterocycles. The van der Waals surface area contributed by atoms with Gasteiger partial charge in [0.25, 0.3) is 0 Å². The van der Waals surface area contributed by atoms with Crippen molar-refractivity contribution in [2.45, 2.75) is 51.0 Å². The first kappa shape index (κ1) is 11.7. The quantitative estimate of drug-likeness (QED) is 0.807. The number of hydrogen-bond donors (Lipinski definition) is 1. The lowest BCUT2D eigenvalue weighted by atomic mass is 9.91. The Morgan fingerprint density at radius 1 is 1.18 bits per heavy atom. The van der Waals surface area contributed by atoms with Crippen LogP contribution in [0.15, 0.2) is 17.5 Å². The number of nitrogens with one attached hydrogen (secondary N) is 1. The van der Waals surface area contributed by atoms with Crippen molar-refractivity contribution in [2.24, 2.45) is 11.8 Å². The van der Waals surface area contributed by atoms with Crippen LogP contribution in [0.4, 0.5) is 0 Å². The van der Waals surface area contributed by atoms with Gasteiger partial charge in [0.2, 0.25) is 0 Å². The molecule has 2 saturated carbocycles. The fraction of sp³-hybridized carbons (Fsp3) is 0.733. The van der Waals surface area contributed by atoms with Crippen molar-refractivity contribution < 1.29 is 0 Å². The predicted molar refractivity (Wildman–Crippen MR) is 74.5 cm³/mol. The Balaban J connectivity index is 1.44. The third-order valence-corrected chi connectivity index (χ3v) is 5.34. The fourth-order valence-corrected chi connectivity index (χ4v) is 3.88. The molecule has 0 bridgehead atoms. The molecule has 0 spiro atoms. The van der Waals surface area contributed by atoms with Gasteiger partial charge in [-0.15, -0.1) is 11.3 Å². The minimum atomic E-state index is 0.883. The van der Waals surface area contributed by atoms with Gasteiger partial charge in [0.15, 0.2) is 0 Å². The molecule has 2 atom stereocenters. The molecule has 0 saturated heterocycles. The zero-order valence-corrected chi connectivity index (χ0v) is 11.3. The minimum Gasteiger partial charge on any atom is -0.314 e. The van der Waals surface area contributed by atoms with Crippen molar-refractivity contribution in [3.8, 4) is 0 Å². The average Bonchev–Trinajstić information content (AvgIpc) is 2.86. The van der Waals surface area contributed by atoms with Crippen molar-refractivity contribution in [1.29, 1.82) is 0 Å². The van der Waals surface area contributed by atoms with Crippen molar-refractivity contribution >= 4 is 11.3 Å². The lowest BCUT2D eigenvalue weighted by Gasteiger charge is -2.19. The van der Waals surface area contributed by atoms with Crippen molar-refractivity contribution in [3.05, 3.63) is 22.4 Å². The Morgan fingerprint density at radius 2 is 2.06 bits per heavy atom. The minimum absolute atomic E-state index is 0.883. The van der Waals surface area contributed by atoms with Crippen LogP contribution in [-0.4, -0.2) is 12.6 Å². The molecule has 3 rings (SSSR count). The number of rotatable bonds is 6. The standard InChI is InChI=1S/C15H23NS/c1-3-12(6-9-15-5-2-10-17-15)13(4-1)11-16-14-7-8-14/h2,5,10,12-14,16H,1,3-4,6-9,11H2. The summed E-state index contributed by atoms with van der Waals surface area (Å²) in [6.45, 7) is 1.29. The summed E-state index contributed by atoms with van der Waals surface area (Å²) >= 11 is 1.92. The summed E-state index contributed by atoms with van der Waals surface area (Å²) in [4.78, 5) is 1.57. The van der Waals surface area contributed by atoms with E-state index in [4.69, 9.17) is 0 Å². The van der Waals surface area contributed by atoms with E-state index < -0.39 is 0 Å². The SMILES string of the molecule is c1csc(CCC2CCCC2CNC2CC2)c1. The second-order valence-corrected chi connectivity index (χ2v) is 6.78. The van der Waals surface area contributed by atoms with Gasteiger partial charge in [0, 0.05) is 10.9 Å². The normalized spacial score (nSPS) is 28.7. The first-order chi connectivity index (χ1) is 8.42. The molecule has 1 heterocycles. The van der Waals surface area contributed by atoms with E-state index in [9.17, 15) is 0 Å². The Kier molecular flexibility index (Phi) is 3.82. The fourth-order valence-electron chi connectivity index (χ4n) is 3.15. The molecular formula is C15H23NS. The molecule has 0 radical (unpaired) electrons. The van der Waals surface area contributed by atoms with E-state index in [1.165, 1.54) is 51.5 Å². The maximum absolute atomic E-state index is 3.72. The van der Waals surface area contributed by atoms with Crippen molar-refractivity contribution in [1.82, 2.24) is 5.32 Å². The summed E-state index contributed by atoms with van der Waals surface area (Å²) in [6, 6.07) is 5.35. The Labute approximate surface area is 109 Å². The second-order valence-electron chi connectivity index (χ2n) is 5.75. The van der Waals surface area contributed by atoms with Gasteiger partial charge in [0.1, 0.15) is 0 Å². The van der Waals surface area contributed by atoms with Crippen LogP contribution in [-0.2, 0) is 6.42 Å². The van der Waals surface area contributed by atoms with Gasteiger partial charge in [0.05, 0.1) is 0 Å². The van der Waals surface area contributed by atoms with Crippen LogP contribution in [0.5, 0.6) is 0 Å². The zero-order chi connectivity index (χ0) is 11.5. The molecular weight excluding hydrogens is 226 g/mol. The summed E-state index contributed by atoms with van der Waals surface area (Å²) < 4.78 is 0. The maximum atomic E-state index is 3.72. The van der Waals surface area contributed by atoms with E-state index in [-0.39, 0.29) is 0 Å². The number of hydrogen-bond acceptors (Lipinski definition) is 2. The number of thiophene rings is 1. The third-order valence-electron chi connectivity index (χ3n) is 4.40. The summed E-state index contributed by atoms with van der Waals surface area (Å²) in [7, 11) is 0. The van der Waals surface area contributed by atoms with Gasteiger partial charge >= 0.3 is 0 Å². The molecule has 2 unspecified atom stereocenters. The van der Waals surface area contributed by atoms with E-state index in [1.807, 2.05) is 11.3 Å². The van der Waals surface area contributed by atoms with Crippen LogP contribution < -0.4 is 5.32 Å². The van der Waals surface area contributed by atoms with E-state index in [2.05, 4.69) is 22.8 Å². The highest BCUT2D eigenvalue weighted by molar-refractivity contribution is 7.09. The van der Waals surface area contributed by atoms with Gasteiger partial charge in [-0.25, -0.2) is 0 Å². The largest absolute Gasteiger partial charge is 0.314 e. The summed E-state index contributed by atoms with van der Waals surface area (Å²) in [5.41, 5.74) is 0. The third kappa shape index (κ3) is 3.32. The van der Waals surface area contributed by atoms with Gasteiger partial charge < -0.3 is 5.32 Å². The molecule has 0 amide bonds. The van der Waals surface area contributed by atoms with Crippen LogP contribution in [0.1, 0.15) is 43.4 Å². The summed E-state index contributed by atoms with van der Waals surface area (Å²) in [6.07, 6.45) is 9.97. The Bertz CT molecular complexity index is 329. The van der Waals surface area contributed by atoms with E-state index in [0.717, 1.165) is 17.9 Å². The molecule has 1 N–H and O–H groups in total. The molecule has 2 fully saturated rings. The average molecular weight is 249 g/mol. The molecule has 1 nitrogen and oxygen atoms in total. The molecule has 0 aromatic carbocycles. The molecule has 94 valence electrons. The summed E-state index contributed by atoms with van der Waals surface area (Å²) in [5, 5.41) is 5.93. The molecule has 17 heavy (non-hydrogen) atoms. The van der Waals surface area contributed by atoms with E-state index >= 15 is 0 Å². The Morgan fingerprint density at radius 3 is 2.82 bits per heavy atom. The van der Waals surface area contributed by atoms with Crippen molar-refractivity contribution in [2.75, 3.05) is 6.54 Å². The smallest absolute Gasteiger partial charge is 0.00683 e. The van der Waals surface area contributed by atoms with Crippen LogP contribution in [0.25, 0.3) is 0 Å². The van der Waals surface area contributed by atoms with Crippen LogP contribution in [0, 0.1) is 11.8 Å². The van der Waals surface area contributed by atoms with Crippen LogP contribution in [0.2, 0.25) is 0 Å². The lowest BCUT2D eigenvalue weighted by Crippen LogP contribution is -2.27. The molecule has 1 aromatic heterocycles. The first-order valence-corrected chi connectivity index (χ1v) is 8.05. The maximum Gasteiger partial charge on any atom is 0.00683 e. The van der Waals surface area contributed by atoms with Gasteiger partial charge in [-0.05, 0) is 61.9 Å². The van der Waals surface area contributed by atoms with E-state index in [0.29, 0.717) is 0 Å². The lowest BCUT2D eigenvalue weighted by molar-refractivity contribution is 0.347. The van der Waals surface area contributed by atoms with Crippen LogP contribution in [0.3, 0.4) is 0 Å². The van der Waals surface area contributed by atoms with Gasteiger partial charge in [-0.3, -0.25) is 0 Å². The molecule has 2 heteroatoms. The monoisotopic (exact) mass is 249 g/mol. The highest BCUT2D eigenvalue weighted by Gasteiger charge is 2.29. The highest BCUT2D eigenvalue weighted by Crippen LogP contribution is 2.35. The predicted octanol–water partition coefficient (Wildman–Crippen LogP) is 3.85. The zero-order valence-electron chi connectivity index (χ0n) is 10.5. The Hall–Kier alpha value is -0.340. The van der Waals surface area contributed by atoms with Gasteiger partial charge in [-0.1, -0.05) is 18.9 Å². The second kappa shape index (κ2) is 5.53. The molecule has 2 aliphatic carbocycles.